The minimum absolute atomic E-state index is 0.474. The first-order valence-electron chi connectivity index (χ1n) is 4.59. The van der Waals surface area contributed by atoms with Crippen LogP contribution in [0.2, 0.25) is 0 Å². The summed E-state index contributed by atoms with van der Waals surface area (Å²) < 4.78 is 5.17. The van der Waals surface area contributed by atoms with Crippen LogP contribution in [0.25, 0.3) is 0 Å². The van der Waals surface area contributed by atoms with Crippen molar-refractivity contribution in [2.45, 2.75) is 27.2 Å². The van der Waals surface area contributed by atoms with Gasteiger partial charge in [0.05, 0.1) is 7.11 Å². The summed E-state index contributed by atoms with van der Waals surface area (Å²) in [4.78, 5) is 4.37. The van der Waals surface area contributed by atoms with Crippen molar-refractivity contribution < 1.29 is 4.74 Å². The molecule has 72 valence electrons. The molecule has 2 heteroatoms. The van der Waals surface area contributed by atoms with E-state index < -0.39 is 0 Å². The third-order valence-corrected chi connectivity index (χ3v) is 2.02. The van der Waals surface area contributed by atoms with Crippen molar-refractivity contribution >= 4 is 5.90 Å². The second kappa shape index (κ2) is 4.26. The summed E-state index contributed by atoms with van der Waals surface area (Å²) in [6.07, 6.45) is 5.21. The Morgan fingerprint density at radius 1 is 1.38 bits per heavy atom. The molecule has 1 heterocycles. The molecule has 0 aromatic carbocycles. The molecule has 0 unspecified atom stereocenters. The van der Waals surface area contributed by atoms with Gasteiger partial charge in [0, 0.05) is 12.1 Å². The van der Waals surface area contributed by atoms with E-state index in [1.807, 2.05) is 6.92 Å². The smallest absolute Gasteiger partial charge is 0.191 e. The van der Waals surface area contributed by atoms with E-state index in [1.54, 1.807) is 7.11 Å². The van der Waals surface area contributed by atoms with Crippen molar-refractivity contribution in [2.75, 3.05) is 7.11 Å². The van der Waals surface area contributed by atoms with Gasteiger partial charge in [-0.05, 0) is 19.8 Å². The molecule has 1 rings (SSSR count). The molecular formula is C11H17NO. The van der Waals surface area contributed by atoms with Gasteiger partial charge in [0.25, 0.3) is 0 Å². The van der Waals surface area contributed by atoms with Gasteiger partial charge in [0.2, 0.25) is 0 Å². The lowest BCUT2D eigenvalue weighted by atomic mass is 10.0. The Labute approximate surface area is 80.0 Å². The highest BCUT2D eigenvalue weighted by molar-refractivity contribution is 5.79. The largest absolute Gasteiger partial charge is 0.484 e. The summed E-state index contributed by atoms with van der Waals surface area (Å²) in [5.41, 5.74) is 2.35. The lowest BCUT2D eigenvalue weighted by Gasteiger charge is -2.11. The Morgan fingerprint density at radius 2 is 2.08 bits per heavy atom. The highest BCUT2D eigenvalue weighted by Crippen LogP contribution is 2.15. The van der Waals surface area contributed by atoms with E-state index in [9.17, 15) is 0 Å². The van der Waals surface area contributed by atoms with Crippen molar-refractivity contribution in [2.24, 2.45) is 10.9 Å². The van der Waals surface area contributed by atoms with Crippen LogP contribution in [0.3, 0.4) is 0 Å². The average molecular weight is 179 g/mol. The molecule has 1 aliphatic heterocycles. The van der Waals surface area contributed by atoms with Gasteiger partial charge in [0.1, 0.15) is 0 Å². The van der Waals surface area contributed by atoms with E-state index in [0.717, 1.165) is 18.0 Å². The van der Waals surface area contributed by atoms with Crippen LogP contribution in [0.5, 0.6) is 0 Å². The summed E-state index contributed by atoms with van der Waals surface area (Å²) >= 11 is 0. The first kappa shape index (κ1) is 10.0. The third-order valence-electron chi connectivity index (χ3n) is 2.02. The number of hydrogen-bond acceptors (Lipinski definition) is 2. The fraction of sp³-hybridized carbons (Fsp3) is 0.545. The normalized spacial score (nSPS) is 23.7. The fourth-order valence-corrected chi connectivity index (χ4v) is 1.57. The molecule has 0 radical (unpaired) electrons. The minimum Gasteiger partial charge on any atom is -0.484 e. The molecule has 1 atom stereocenters. The lowest BCUT2D eigenvalue weighted by molar-refractivity contribution is 0.393. The predicted octanol–water partition coefficient (Wildman–Crippen LogP) is 2.92. The molecule has 0 N–H and O–H groups in total. The molecule has 0 saturated carbocycles. The highest BCUT2D eigenvalue weighted by Gasteiger charge is 2.06. The van der Waals surface area contributed by atoms with Crippen molar-refractivity contribution in [3.63, 3.8) is 0 Å². The molecule has 0 aromatic rings. The first-order valence-corrected chi connectivity index (χ1v) is 4.59. The van der Waals surface area contributed by atoms with E-state index in [0.29, 0.717) is 5.92 Å². The van der Waals surface area contributed by atoms with Gasteiger partial charge in [-0.1, -0.05) is 24.6 Å². The van der Waals surface area contributed by atoms with Crippen LogP contribution in [-0.4, -0.2) is 13.0 Å². The van der Waals surface area contributed by atoms with E-state index in [2.05, 4.69) is 31.0 Å². The number of ether oxygens (including phenoxy) is 1. The minimum atomic E-state index is 0.474. The van der Waals surface area contributed by atoms with E-state index in [-0.39, 0.29) is 0 Å². The molecule has 0 spiro atoms. The summed E-state index contributed by atoms with van der Waals surface area (Å²) in [6, 6.07) is 0. The monoisotopic (exact) mass is 179 g/mol. The number of nitrogens with zero attached hydrogens (tertiary/aromatic N) is 1. The first-order chi connectivity index (χ1) is 6.11. The molecule has 0 fully saturated rings. The maximum absolute atomic E-state index is 5.17. The predicted molar refractivity (Wildman–Crippen MR) is 55.7 cm³/mol. The summed E-state index contributed by atoms with van der Waals surface area (Å²) in [5, 5.41) is 0. The molecule has 0 aliphatic carbocycles. The second-order valence-electron chi connectivity index (χ2n) is 3.57. The van der Waals surface area contributed by atoms with E-state index >= 15 is 0 Å². The summed E-state index contributed by atoms with van der Waals surface area (Å²) in [6.45, 7) is 6.28. The third kappa shape index (κ3) is 3.05. The van der Waals surface area contributed by atoms with Crippen molar-refractivity contribution in [1.82, 2.24) is 0 Å². The van der Waals surface area contributed by atoms with Crippen LogP contribution in [0.4, 0.5) is 0 Å². The Morgan fingerprint density at radius 3 is 2.69 bits per heavy atom. The van der Waals surface area contributed by atoms with Gasteiger partial charge >= 0.3 is 0 Å². The molecule has 0 saturated heterocycles. The maximum atomic E-state index is 5.17. The SMILES string of the molecule is COC1=NC(C)=C[C@H](C)C=C(C)C1. The zero-order chi connectivity index (χ0) is 9.84. The van der Waals surface area contributed by atoms with Crippen LogP contribution >= 0.6 is 0 Å². The molecule has 0 bridgehead atoms. The summed E-state index contributed by atoms with van der Waals surface area (Å²) in [5.74, 6) is 1.27. The Bertz CT molecular complexity index is 274. The fourth-order valence-electron chi connectivity index (χ4n) is 1.57. The van der Waals surface area contributed by atoms with Crippen molar-refractivity contribution in [3.05, 3.63) is 23.4 Å². The quantitative estimate of drug-likeness (QED) is 0.524. The van der Waals surface area contributed by atoms with Gasteiger partial charge in [-0.3, -0.25) is 0 Å². The number of hydrogen-bond donors (Lipinski definition) is 0. The van der Waals surface area contributed by atoms with Gasteiger partial charge in [-0.2, -0.15) is 0 Å². The zero-order valence-corrected chi connectivity index (χ0v) is 8.79. The number of aliphatic imine (C=N–C) groups is 1. The van der Waals surface area contributed by atoms with E-state index in [1.165, 1.54) is 5.57 Å². The summed E-state index contributed by atoms with van der Waals surface area (Å²) in [7, 11) is 1.67. The van der Waals surface area contributed by atoms with Gasteiger partial charge in [-0.25, -0.2) is 4.99 Å². The molecule has 2 nitrogen and oxygen atoms in total. The van der Waals surface area contributed by atoms with Crippen LogP contribution in [-0.2, 0) is 4.74 Å². The molecular weight excluding hydrogens is 162 g/mol. The highest BCUT2D eigenvalue weighted by atomic mass is 16.5. The Hall–Kier alpha value is -1.05. The number of allylic oxidation sites excluding steroid dienone is 3. The molecule has 0 amide bonds. The average Bonchev–Trinajstić information content (AvgIpc) is 1.99. The Kier molecular flexibility index (Phi) is 3.29. The zero-order valence-electron chi connectivity index (χ0n) is 8.79. The van der Waals surface area contributed by atoms with Gasteiger partial charge < -0.3 is 4.74 Å². The lowest BCUT2D eigenvalue weighted by Crippen LogP contribution is -2.05. The Balaban J connectivity index is 2.95. The van der Waals surface area contributed by atoms with E-state index in [4.69, 9.17) is 4.74 Å². The second-order valence-corrected chi connectivity index (χ2v) is 3.57. The molecule has 1 aliphatic rings. The maximum Gasteiger partial charge on any atom is 0.191 e. The van der Waals surface area contributed by atoms with Crippen LogP contribution in [0.15, 0.2) is 28.4 Å². The van der Waals surface area contributed by atoms with Gasteiger partial charge in [0.15, 0.2) is 5.90 Å². The number of methoxy groups -OCH3 is 1. The van der Waals surface area contributed by atoms with Crippen molar-refractivity contribution in [1.29, 1.82) is 0 Å². The molecule has 13 heavy (non-hydrogen) atoms. The van der Waals surface area contributed by atoms with Crippen LogP contribution < -0.4 is 0 Å². The molecule has 0 aromatic heterocycles. The van der Waals surface area contributed by atoms with Gasteiger partial charge in [-0.15, -0.1) is 0 Å². The topological polar surface area (TPSA) is 21.6 Å². The number of rotatable bonds is 0. The van der Waals surface area contributed by atoms with Crippen LogP contribution in [0.1, 0.15) is 27.2 Å². The van der Waals surface area contributed by atoms with Crippen molar-refractivity contribution in [3.8, 4) is 0 Å². The standard InChI is InChI=1S/C11H17NO/c1-8-5-9(2)7-11(13-4)12-10(3)6-8/h5-6,8H,7H2,1-4H3/t8-/m1/s1. The van der Waals surface area contributed by atoms with Crippen LogP contribution in [0, 0.1) is 5.92 Å².